The van der Waals surface area contributed by atoms with Crippen molar-refractivity contribution < 1.29 is 18.7 Å². The maximum atomic E-state index is 13.5. The lowest BCUT2D eigenvalue weighted by molar-refractivity contribution is 0.0229. The minimum Gasteiger partial charge on any atom is -0.383 e. The van der Waals surface area contributed by atoms with Crippen molar-refractivity contribution >= 4 is 23.1 Å². The summed E-state index contributed by atoms with van der Waals surface area (Å²) in [5.41, 5.74) is -0.818. The Balaban J connectivity index is 1.66. The van der Waals surface area contributed by atoms with E-state index in [1.165, 1.54) is 6.07 Å². The number of carbonyl (C=O) groups is 1. The summed E-state index contributed by atoms with van der Waals surface area (Å²) in [6.07, 6.45) is 2.28. The standard InChI is InChI=1S/C16H16F2N2O2S/c17-11-3-1-4-12(18)14(11)20-15(21)19-9-16(22)7-2-5-13-10(16)6-8-23-13/h1,3-4,6,8,22H,2,5,7,9H2,(H2,19,20,21). The van der Waals surface area contributed by atoms with Crippen LogP contribution in [0.2, 0.25) is 0 Å². The van der Waals surface area contributed by atoms with Crippen molar-refractivity contribution in [3.63, 3.8) is 0 Å². The number of carbonyl (C=O) groups excluding carboxylic acids is 1. The fourth-order valence-electron chi connectivity index (χ4n) is 2.81. The number of hydrogen-bond acceptors (Lipinski definition) is 3. The van der Waals surface area contributed by atoms with Gasteiger partial charge in [-0.3, -0.25) is 0 Å². The second-order valence-electron chi connectivity index (χ2n) is 5.55. The molecule has 1 aromatic carbocycles. The number of rotatable bonds is 3. The molecular weight excluding hydrogens is 322 g/mol. The fourth-order valence-corrected chi connectivity index (χ4v) is 3.83. The van der Waals surface area contributed by atoms with Crippen LogP contribution in [-0.2, 0) is 12.0 Å². The van der Waals surface area contributed by atoms with Crippen molar-refractivity contribution in [2.75, 3.05) is 11.9 Å². The van der Waals surface area contributed by atoms with E-state index >= 15 is 0 Å². The second kappa shape index (κ2) is 6.25. The molecular formula is C16H16F2N2O2S. The number of aryl methyl sites for hydroxylation is 1. The van der Waals surface area contributed by atoms with Gasteiger partial charge in [0.1, 0.15) is 22.9 Å². The molecule has 0 spiro atoms. The third-order valence-corrected chi connectivity index (χ3v) is 4.96. The number of halogens is 2. The SMILES string of the molecule is O=C(NCC1(O)CCCc2sccc21)Nc1c(F)cccc1F. The molecule has 2 amide bonds. The highest BCUT2D eigenvalue weighted by Crippen LogP contribution is 2.37. The van der Waals surface area contributed by atoms with Crippen LogP contribution in [0.25, 0.3) is 0 Å². The van der Waals surface area contributed by atoms with Crippen molar-refractivity contribution in [1.29, 1.82) is 0 Å². The highest BCUT2D eigenvalue weighted by atomic mass is 32.1. The van der Waals surface area contributed by atoms with Crippen LogP contribution in [0, 0.1) is 11.6 Å². The molecule has 0 aliphatic heterocycles. The van der Waals surface area contributed by atoms with Gasteiger partial charge in [-0.15, -0.1) is 11.3 Å². The second-order valence-corrected chi connectivity index (χ2v) is 6.55. The van der Waals surface area contributed by atoms with Gasteiger partial charge in [0.15, 0.2) is 0 Å². The number of hydrogen-bond donors (Lipinski definition) is 3. The molecule has 1 unspecified atom stereocenters. The van der Waals surface area contributed by atoms with Gasteiger partial charge in [-0.1, -0.05) is 6.07 Å². The first-order valence-electron chi connectivity index (χ1n) is 7.28. The van der Waals surface area contributed by atoms with E-state index < -0.39 is 29.0 Å². The summed E-state index contributed by atoms with van der Waals surface area (Å²) in [4.78, 5) is 13.0. The number of para-hydroxylation sites is 1. The van der Waals surface area contributed by atoms with Crippen LogP contribution in [0.1, 0.15) is 23.3 Å². The quantitative estimate of drug-likeness (QED) is 0.803. The first-order chi connectivity index (χ1) is 11.0. The average Bonchev–Trinajstić information content (AvgIpc) is 3.00. The van der Waals surface area contributed by atoms with Crippen molar-refractivity contribution in [2.45, 2.75) is 24.9 Å². The van der Waals surface area contributed by atoms with Crippen LogP contribution in [0.15, 0.2) is 29.6 Å². The summed E-state index contributed by atoms with van der Waals surface area (Å²) in [5, 5.41) is 17.3. The molecule has 1 aliphatic carbocycles. The minimum atomic E-state index is -1.14. The van der Waals surface area contributed by atoms with E-state index in [-0.39, 0.29) is 6.54 Å². The Kier molecular flexibility index (Phi) is 4.32. The van der Waals surface area contributed by atoms with Crippen LogP contribution in [-0.4, -0.2) is 17.7 Å². The summed E-state index contributed by atoms with van der Waals surface area (Å²) < 4.78 is 27.0. The third-order valence-electron chi connectivity index (χ3n) is 3.98. The molecule has 1 atom stereocenters. The summed E-state index contributed by atoms with van der Waals surface area (Å²) in [5.74, 6) is -1.70. The lowest BCUT2D eigenvalue weighted by Crippen LogP contribution is -2.44. The number of urea groups is 1. The molecule has 0 fully saturated rings. The van der Waals surface area contributed by atoms with Gasteiger partial charge in [0, 0.05) is 4.88 Å². The van der Waals surface area contributed by atoms with Crippen LogP contribution in [0.5, 0.6) is 0 Å². The Morgan fingerprint density at radius 2 is 2.04 bits per heavy atom. The zero-order chi connectivity index (χ0) is 16.4. The maximum absolute atomic E-state index is 13.5. The lowest BCUT2D eigenvalue weighted by atomic mass is 9.83. The highest BCUT2D eigenvalue weighted by Gasteiger charge is 2.35. The molecule has 3 N–H and O–H groups in total. The van der Waals surface area contributed by atoms with Gasteiger partial charge in [-0.2, -0.15) is 0 Å². The molecule has 0 saturated carbocycles. The van der Waals surface area contributed by atoms with Gasteiger partial charge >= 0.3 is 6.03 Å². The van der Waals surface area contributed by atoms with Crippen molar-refractivity contribution in [3.8, 4) is 0 Å². The molecule has 0 radical (unpaired) electrons. The normalized spacial score (nSPS) is 20.0. The number of nitrogens with one attached hydrogen (secondary N) is 2. The van der Waals surface area contributed by atoms with E-state index in [1.54, 1.807) is 11.3 Å². The fraction of sp³-hybridized carbons (Fsp3) is 0.312. The van der Waals surface area contributed by atoms with Crippen molar-refractivity contribution in [3.05, 3.63) is 51.7 Å². The van der Waals surface area contributed by atoms with Crippen molar-refractivity contribution in [2.24, 2.45) is 0 Å². The molecule has 0 saturated heterocycles. The maximum Gasteiger partial charge on any atom is 0.319 e. The van der Waals surface area contributed by atoms with Crippen LogP contribution < -0.4 is 10.6 Å². The topological polar surface area (TPSA) is 61.4 Å². The molecule has 0 bridgehead atoms. The molecule has 7 heteroatoms. The average molecular weight is 338 g/mol. The smallest absolute Gasteiger partial charge is 0.319 e. The Morgan fingerprint density at radius 3 is 2.78 bits per heavy atom. The molecule has 3 rings (SSSR count). The van der Waals surface area contributed by atoms with Gasteiger partial charge in [0.05, 0.1) is 6.54 Å². The van der Waals surface area contributed by atoms with Gasteiger partial charge in [-0.05, 0) is 48.4 Å². The molecule has 1 heterocycles. The van der Waals surface area contributed by atoms with E-state index in [2.05, 4.69) is 10.6 Å². The Hall–Kier alpha value is -1.99. The molecule has 122 valence electrons. The number of aliphatic hydroxyl groups is 1. The van der Waals surface area contributed by atoms with E-state index in [0.717, 1.165) is 35.4 Å². The Morgan fingerprint density at radius 1 is 1.30 bits per heavy atom. The molecule has 2 aromatic rings. The van der Waals surface area contributed by atoms with E-state index in [0.29, 0.717) is 6.42 Å². The van der Waals surface area contributed by atoms with E-state index in [1.807, 2.05) is 11.4 Å². The Labute approximate surface area is 136 Å². The predicted molar refractivity (Wildman–Crippen MR) is 84.5 cm³/mol. The number of benzene rings is 1. The summed E-state index contributed by atoms with van der Waals surface area (Å²) in [7, 11) is 0. The summed E-state index contributed by atoms with van der Waals surface area (Å²) >= 11 is 1.58. The number of thiophene rings is 1. The monoisotopic (exact) mass is 338 g/mol. The van der Waals surface area contributed by atoms with E-state index in [9.17, 15) is 18.7 Å². The molecule has 23 heavy (non-hydrogen) atoms. The van der Waals surface area contributed by atoms with Crippen LogP contribution in [0.3, 0.4) is 0 Å². The van der Waals surface area contributed by atoms with Crippen LogP contribution in [0.4, 0.5) is 19.3 Å². The summed E-state index contributed by atoms with van der Waals surface area (Å²) in [6.45, 7) is -0.0152. The van der Waals surface area contributed by atoms with Gasteiger partial charge < -0.3 is 15.7 Å². The first kappa shape index (κ1) is 15.9. The van der Waals surface area contributed by atoms with Crippen molar-refractivity contribution in [1.82, 2.24) is 5.32 Å². The molecule has 1 aromatic heterocycles. The zero-order valence-electron chi connectivity index (χ0n) is 12.2. The van der Waals surface area contributed by atoms with E-state index in [4.69, 9.17) is 0 Å². The van der Waals surface area contributed by atoms with Gasteiger partial charge in [0.25, 0.3) is 0 Å². The summed E-state index contributed by atoms with van der Waals surface area (Å²) in [6, 6.07) is 4.44. The lowest BCUT2D eigenvalue weighted by Gasteiger charge is -2.32. The molecule has 1 aliphatic rings. The van der Waals surface area contributed by atoms with Crippen LogP contribution >= 0.6 is 11.3 Å². The first-order valence-corrected chi connectivity index (χ1v) is 8.16. The third kappa shape index (κ3) is 3.20. The molecule has 4 nitrogen and oxygen atoms in total. The highest BCUT2D eigenvalue weighted by molar-refractivity contribution is 7.10. The zero-order valence-corrected chi connectivity index (χ0v) is 13.1. The Bertz CT molecular complexity index is 714. The largest absolute Gasteiger partial charge is 0.383 e. The number of amides is 2. The van der Waals surface area contributed by atoms with Gasteiger partial charge in [0.2, 0.25) is 0 Å². The van der Waals surface area contributed by atoms with Gasteiger partial charge in [-0.25, -0.2) is 13.6 Å². The number of anilines is 1. The predicted octanol–water partition coefficient (Wildman–Crippen LogP) is 3.37. The number of fused-ring (bicyclic) bond motifs is 1. The minimum absolute atomic E-state index is 0.0152.